The van der Waals surface area contributed by atoms with E-state index >= 15 is 0 Å². The molecule has 2 aromatic rings. The Morgan fingerprint density at radius 2 is 2.06 bits per heavy atom. The average Bonchev–Trinajstić information content (AvgIpc) is 3.49. The van der Waals surface area contributed by atoms with E-state index in [9.17, 15) is 9.90 Å². The summed E-state index contributed by atoms with van der Waals surface area (Å²) in [5.41, 5.74) is 1.35. The predicted octanol–water partition coefficient (Wildman–Crippen LogP) is 3.88. The summed E-state index contributed by atoms with van der Waals surface area (Å²) in [4.78, 5) is 24.7. The van der Waals surface area contributed by atoms with Crippen LogP contribution in [-0.4, -0.2) is 52.3 Å². The first kappa shape index (κ1) is 23.2. The Balaban J connectivity index is 1.37. The van der Waals surface area contributed by atoms with Crippen molar-refractivity contribution in [2.24, 2.45) is 0 Å². The van der Waals surface area contributed by atoms with Crippen molar-refractivity contribution >= 4 is 23.5 Å². The summed E-state index contributed by atoms with van der Waals surface area (Å²) >= 11 is 6.27. The molecule has 2 heterocycles. The van der Waals surface area contributed by atoms with Gasteiger partial charge in [-0.25, -0.2) is 4.98 Å². The molecule has 3 aliphatic rings. The van der Waals surface area contributed by atoms with Crippen LogP contribution in [-0.2, 0) is 6.61 Å². The van der Waals surface area contributed by atoms with Crippen LogP contribution in [0.2, 0.25) is 5.02 Å². The standard InChI is InChI=1S/C25H31ClN4O4/c1-33-21-8-3-16(13-20(21)26)15-34-23-19(22(32)28-17-4-6-18(31)7-5-17)14-27-24(29-23)30-12-2-9-25(30)10-11-25/h3,8,13-14,17-18,31H,2,4-7,9-12,15H2,1H3,(H,28,32). The second-order valence-electron chi connectivity index (χ2n) is 9.60. The molecule has 2 aliphatic carbocycles. The highest BCUT2D eigenvalue weighted by Crippen LogP contribution is 2.50. The number of anilines is 1. The minimum atomic E-state index is -0.277. The van der Waals surface area contributed by atoms with Gasteiger partial charge in [0, 0.05) is 24.3 Å². The van der Waals surface area contributed by atoms with E-state index < -0.39 is 0 Å². The number of amides is 1. The molecule has 34 heavy (non-hydrogen) atoms. The Kier molecular flexibility index (Phi) is 6.53. The van der Waals surface area contributed by atoms with Gasteiger partial charge in [-0.05, 0) is 69.1 Å². The third-order valence-electron chi connectivity index (χ3n) is 7.27. The SMILES string of the molecule is COc1ccc(COc2nc(N3CCCC34CC4)ncc2C(=O)NC2CCC(O)CC2)cc1Cl. The summed E-state index contributed by atoms with van der Waals surface area (Å²) in [5, 5.41) is 13.3. The minimum absolute atomic E-state index is 0.0251. The van der Waals surface area contributed by atoms with Crippen molar-refractivity contribution < 1.29 is 19.4 Å². The number of nitrogens with zero attached hydrogens (tertiary/aromatic N) is 3. The first-order valence-electron chi connectivity index (χ1n) is 12.1. The molecule has 1 amide bonds. The Bertz CT molecular complexity index is 1050. The summed E-state index contributed by atoms with van der Waals surface area (Å²) in [6.45, 7) is 1.13. The van der Waals surface area contributed by atoms with Gasteiger partial charge in [-0.2, -0.15) is 4.98 Å². The highest BCUT2D eigenvalue weighted by molar-refractivity contribution is 6.32. The highest BCUT2D eigenvalue weighted by atomic mass is 35.5. The molecule has 2 N–H and O–H groups in total. The fraction of sp³-hybridized carbons (Fsp3) is 0.560. The molecule has 1 aromatic heterocycles. The molecule has 0 unspecified atom stereocenters. The molecule has 1 aromatic carbocycles. The van der Waals surface area contributed by atoms with Gasteiger partial charge in [0.1, 0.15) is 17.9 Å². The summed E-state index contributed by atoms with van der Waals surface area (Å²) < 4.78 is 11.3. The molecule has 9 heteroatoms. The smallest absolute Gasteiger partial charge is 0.258 e. The Labute approximate surface area is 204 Å². The molecular formula is C25H31ClN4O4. The zero-order valence-corrected chi connectivity index (χ0v) is 20.2. The van der Waals surface area contributed by atoms with E-state index in [4.69, 9.17) is 26.1 Å². The third-order valence-corrected chi connectivity index (χ3v) is 7.57. The summed E-state index contributed by atoms with van der Waals surface area (Å²) in [6, 6.07) is 5.48. The molecule has 0 atom stereocenters. The number of aliphatic hydroxyl groups excluding tert-OH is 1. The van der Waals surface area contributed by atoms with Crippen molar-refractivity contribution in [2.75, 3.05) is 18.6 Å². The molecule has 182 valence electrons. The van der Waals surface area contributed by atoms with E-state index in [1.54, 1.807) is 25.4 Å². The second-order valence-corrected chi connectivity index (χ2v) is 10.0. The number of hydrogen-bond donors (Lipinski definition) is 2. The van der Waals surface area contributed by atoms with E-state index in [0.717, 1.165) is 50.6 Å². The molecule has 1 aliphatic heterocycles. The molecule has 2 saturated carbocycles. The quantitative estimate of drug-likeness (QED) is 0.612. The first-order chi connectivity index (χ1) is 16.5. The monoisotopic (exact) mass is 486 g/mol. The number of halogens is 1. The number of rotatable bonds is 7. The molecule has 3 fully saturated rings. The van der Waals surface area contributed by atoms with Gasteiger partial charge < -0.3 is 24.8 Å². The largest absolute Gasteiger partial charge is 0.495 e. The number of carbonyl (C=O) groups excluding carboxylic acids is 1. The third kappa shape index (κ3) is 4.79. The maximum Gasteiger partial charge on any atom is 0.258 e. The number of aliphatic hydroxyl groups is 1. The first-order valence-corrected chi connectivity index (χ1v) is 12.4. The Morgan fingerprint density at radius 3 is 2.76 bits per heavy atom. The maximum absolute atomic E-state index is 13.2. The number of aromatic nitrogens is 2. The lowest BCUT2D eigenvalue weighted by molar-refractivity contribution is 0.0862. The van der Waals surface area contributed by atoms with Crippen molar-refractivity contribution in [3.8, 4) is 11.6 Å². The molecule has 1 saturated heterocycles. The Hall–Kier alpha value is -2.58. The van der Waals surface area contributed by atoms with Crippen LogP contribution in [0.3, 0.4) is 0 Å². The van der Waals surface area contributed by atoms with Gasteiger partial charge in [0.15, 0.2) is 0 Å². The summed E-state index contributed by atoms with van der Waals surface area (Å²) in [6.07, 6.45) is 8.80. The molecule has 5 rings (SSSR count). The lowest BCUT2D eigenvalue weighted by Crippen LogP contribution is -2.39. The highest BCUT2D eigenvalue weighted by Gasteiger charge is 2.51. The van der Waals surface area contributed by atoms with Crippen LogP contribution in [0.25, 0.3) is 0 Å². The van der Waals surface area contributed by atoms with Crippen molar-refractivity contribution in [1.29, 1.82) is 0 Å². The minimum Gasteiger partial charge on any atom is -0.495 e. The predicted molar refractivity (Wildman–Crippen MR) is 129 cm³/mol. The van der Waals surface area contributed by atoms with Gasteiger partial charge >= 0.3 is 0 Å². The average molecular weight is 487 g/mol. The van der Waals surface area contributed by atoms with E-state index in [2.05, 4.69) is 15.2 Å². The van der Waals surface area contributed by atoms with Gasteiger partial charge in [-0.15, -0.1) is 0 Å². The van der Waals surface area contributed by atoms with Gasteiger partial charge in [-0.3, -0.25) is 4.79 Å². The number of methoxy groups -OCH3 is 1. The van der Waals surface area contributed by atoms with Crippen molar-refractivity contribution in [2.45, 2.75) is 75.7 Å². The lowest BCUT2D eigenvalue weighted by Gasteiger charge is -2.27. The van der Waals surface area contributed by atoms with Crippen LogP contribution in [0.5, 0.6) is 11.6 Å². The van der Waals surface area contributed by atoms with E-state index in [0.29, 0.717) is 35.1 Å². The molecule has 8 nitrogen and oxygen atoms in total. The lowest BCUT2D eigenvalue weighted by atomic mass is 9.93. The fourth-order valence-corrected chi connectivity index (χ4v) is 5.38. The van der Waals surface area contributed by atoms with Crippen molar-refractivity contribution in [3.05, 3.63) is 40.5 Å². The summed E-state index contributed by atoms with van der Waals surface area (Å²) in [5.74, 6) is 1.23. The number of nitrogens with one attached hydrogen (secondary N) is 1. The normalized spacial score (nSPS) is 23.1. The number of benzene rings is 1. The maximum atomic E-state index is 13.2. The molecular weight excluding hydrogens is 456 g/mol. The van der Waals surface area contributed by atoms with Gasteiger partial charge in [0.25, 0.3) is 5.91 Å². The van der Waals surface area contributed by atoms with Crippen LogP contribution in [0, 0.1) is 0 Å². The molecule has 0 radical (unpaired) electrons. The van der Waals surface area contributed by atoms with Gasteiger partial charge in [-0.1, -0.05) is 17.7 Å². The van der Waals surface area contributed by atoms with Crippen molar-refractivity contribution in [1.82, 2.24) is 15.3 Å². The Morgan fingerprint density at radius 1 is 1.26 bits per heavy atom. The second kappa shape index (κ2) is 9.58. The van der Waals surface area contributed by atoms with Crippen LogP contribution >= 0.6 is 11.6 Å². The topological polar surface area (TPSA) is 96.8 Å². The zero-order valence-electron chi connectivity index (χ0n) is 19.4. The van der Waals surface area contributed by atoms with Crippen LogP contribution in [0.4, 0.5) is 5.95 Å². The van der Waals surface area contributed by atoms with Crippen LogP contribution in [0.1, 0.15) is 67.3 Å². The molecule has 1 spiro atoms. The van der Waals surface area contributed by atoms with Crippen molar-refractivity contribution in [3.63, 3.8) is 0 Å². The fourth-order valence-electron chi connectivity index (χ4n) is 5.10. The number of carbonyl (C=O) groups is 1. The summed E-state index contributed by atoms with van der Waals surface area (Å²) in [7, 11) is 1.57. The van der Waals surface area contributed by atoms with Gasteiger partial charge in [0.2, 0.25) is 11.8 Å². The molecule has 0 bridgehead atoms. The van der Waals surface area contributed by atoms with Crippen LogP contribution in [0.15, 0.2) is 24.4 Å². The zero-order chi connectivity index (χ0) is 23.7. The van der Waals surface area contributed by atoms with E-state index in [1.165, 1.54) is 0 Å². The number of hydrogen-bond acceptors (Lipinski definition) is 7. The van der Waals surface area contributed by atoms with Crippen LogP contribution < -0.4 is 19.7 Å². The number of ether oxygens (including phenoxy) is 2. The van der Waals surface area contributed by atoms with E-state index in [1.807, 2.05) is 6.07 Å². The van der Waals surface area contributed by atoms with Gasteiger partial charge in [0.05, 0.1) is 18.2 Å². The van der Waals surface area contributed by atoms with E-state index in [-0.39, 0.29) is 36.1 Å².